The molecule has 1 heterocycles. The van der Waals surface area contributed by atoms with Crippen molar-refractivity contribution in [2.75, 3.05) is 39.3 Å². The first-order valence-corrected chi connectivity index (χ1v) is 6.37. The first-order valence-electron chi connectivity index (χ1n) is 6.37. The van der Waals surface area contributed by atoms with Crippen LogP contribution < -0.4 is 11.3 Å². The zero-order valence-corrected chi connectivity index (χ0v) is 11.4. The lowest BCUT2D eigenvalue weighted by Gasteiger charge is -2.36. The van der Waals surface area contributed by atoms with Gasteiger partial charge in [0, 0.05) is 32.7 Å². The van der Waals surface area contributed by atoms with Crippen LogP contribution in [0, 0.1) is 5.92 Å². The third-order valence-corrected chi connectivity index (χ3v) is 2.81. The van der Waals surface area contributed by atoms with Gasteiger partial charge in [0.2, 0.25) is 5.96 Å². The van der Waals surface area contributed by atoms with E-state index in [2.05, 4.69) is 10.4 Å². The largest absolute Gasteiger partial charge is 0.401 e. The molecular weight excluding hydrogens is 259 g/mol. The minimum absolute atomic E-state index is 0.363. The van der Waals surface area contributed by atoms with Crippen molar-refractivity contribution in [2.24, 2.45) is 16.8 Å². The molecule has 8 heteroatoms. The Morgan fingerprint density at radius 2 is 1.84 bits per heavy atom. The summed E-state index contributed by atoms with van der Waals surface area (Å²) < 4.78 is 36.8. The van der Waals surface area contributed by atoms with Crippen LogP contribution in [-0.4, -0.2) is 61.2 Å². The Balaban J connectivity index is 2.45. The summed E-state index contributed by atoms with van der Waals surface area (Å²) in [6.07, 6.45) is -4.14. The lowest BCUT2D eigenvalue weighted by molar-refractivity contribution is -0.148. The summed E-state index contributed by atoms with van der Waals surface area (Å²) in [5, 5.41) is 0. The van der Waals surface area contributed by atoms with E-state index in [-0.39, 0.29) is 0 Å². The molecule has 1 fully saturated rings. The third kappa shape index (κ3) is 6.11. The molecule has 0 atom stereocenters. The predicted octanol–water partition coefficient (Wildman–Crippen LogP) is 0.642. The second-order valence-corrected chi connectivity index (χ2v) is 5.08. The Labute approximate surface area is 111 Å². The maximum atomic E-state index is 12.3. The average Bonchev–Trinajstić information content (AvgIpc) is 2.29. The van der Waals surface area contributed by atoms with Gasteiger partial charge < -0.3 is 4.90 Å². The fourth-order valence-corrected chi connectivity index (χ4v) is 1.88. The highest BCUT2D eigenvalue weighted by atomic mass is 19.4. The molecule has 3 N–H and O–H groups in total. The van der Waals surface area contributed by atoms with E-state index < -0.39 is 12.7 Å². The molecule has 0 aromatic carbocycles. The first-order chi connectivity index (χ1) is 8.81. The van der Waals surface area contributed by atoms with E-state index in [9.17, 15) is 13.2 Å². The summed E-state index contributed by atoms with van der Waals surface area (Å²) in [4.78, 5) is 7.61. The molecule has 0 aliphatic carbocycles. The van der Waals surface area contributed by atoms with Crippen molar-refractivity contribution in [3.8, 4) is 0 Å². The SMILES string of the molecule is CC(C)CN=C(NN)N1CCN(CC(F)(F)F)CC1. The maximum Gasteiger partial charge on any atom is 0.401 e. The molecular formula is C11H22F3N5. The Morgan fingerprint density at radius 3 is 2.26 bits per heavy atom. The van der Waals surface area contributed by atoms with Crippen LogP contribution in [-0.2, 0) is 0 Å². The number of halogens is 3. The normalized spacial score (nSPS) is 19.1. The van der Waals surface area contributed by atoms with Gasteiger partial charge in [0.15, 0.2) is 0 Å². The third-order valence-electron chi connectivity index (χ3n) is 2.81. The lowest BCUT2D eigenvalue weighted by Crippen LogP contribution is -2.55. The maximum absolute atomic E-state index is 12.3. The van der Waals surface area contributed by atoms with Gasteiger partial charge in [-0.05, 0) is 5.92 Å². The number of rotatable bonds is 3. The van der Waals surface area contributed by atoms with E-state index in [4.69, 9.17) is 5.84 Å². The van der Waals surface area contributed by atoms with Gasteiger partial charge in [-0.25, -0.2) is 5.84 Å². The van der Waals surface area contributed by atoms with Crippen LogP contribution in [0.3, 0.4) is 0 Å². The standard InChI is InChI=1S/C11H22F3N5/c1-9(2)7-16-10(17-15)19-5-3-18(4-6-19)8-11(12,13)14/h9H,3-8,15H2,1-2H3,(H,16,17). The van der Waals surface area contributed by atoms with Crippen molar-refractivity contribution in [2.45, 2.75) is 20.0 Å². The van der Waals surface area contributed by atoms with Crippen LogP contribution in [0.25, 0.3) is 0 Å². The summed E-state index contributed by atoms with van der Waals surface area (Å²) in [6.45, 7) is 5.59. The number of hydrogen-bond donors (Lipinski definition) is 2. The highest BCUT2D eigenvalue weighted by molar-refractivity contribution is 5.79. The molecule has 1 aliphatic rings. The molecule has 1 aliphatic heterocycles. The quantitative estimate of drug-likeness (QED) is 0.345. The van der Waals surface area contributed by atoms with Gasteiger partial charge in [0.05, 0.1) is 6.54 Å². The number of guanidine groups is 1. The summed E-state index contributed by atoms with van der Waals surface area (Å²) in [6, 6.07) is 0. The van der Waals surface area contributed by atoms with Crippen LogP contribution in [0.2, 0.25) is 0 Å². The van der Waals surface area contributed by atoms with Crippen LogP contribution >= 0.6 is 0 Å². The zero-order chi connectivity index (χ0) is 14.5. The Bertz CT molecular complexity index is 295. The minimum atomic E-state index is -4.14. The van der Waals surface area contributed by atoms with Crippen molar-refractivity contribution in [1.82, 2.24) is 15.2 Å². The molecule has 112 valence electrons. The molecule has 0 bridgehead atoms. The highest BCUT2D eigenvalue weighted by Crippen LogP contribution is 2.17. The van der Waals surface area contributed by atoms with Crippen molar-refractivity contribution < 1.29 is 13.2 Å². The summed E-state index contributed by atoms with van der Waals surface area (Å²) >= 11 is 0. The van der Waals surface area contributed by atoms with Gasteiger partial charge in [-0.1, -0.05) is 13.8 Å². The lowest BCUT2D eigenvalue weighted by atomic mass is 10.2. The number of alkyl halides is 3. The van der Waals surface area contributed by atoms with E-state index in [1.807, 2.05) is 18.7 Å². The number of nitrogens with two attached hydrogens (primary N) is 1. The Kier molecular flexibility index (Phi) is 5.86. The smallest absolute Gasteiger partial charge is 0.339 e. The summed E-state index contributed by atoms with van der Waals surface area (Å²) in [7, 11) is 0. The number of nitrogens with zero attached hydrogens (tertiary/aromatic N) is 3. The van der Waals surface area contributed by atoms with Gasteiger partial charge in [0.25, 0.3) is 0 Å². The topological polar surface area (TPSA) is 56.9 Å². The molecule has 1 saturated heterocycles. The Morgan fingerprint density at radius 1 is 1.26 bits per heavy atom. The minimum Gasteiger partial charge on any atom is -0.339 e. The molecule has 0 aromatic heterocycles. The Hall–Kier alpha value is -1.02. The van der Waals surface area contributed by atoms with Gasteiger partial charge in [0.1, 0.15) is 0 Å². The molecule has 19 heavy (non-hydrogen) atoms. The molecule has 0 saturated carbocycles. The number of nitrogens with one attached hydrogen (secondary N) is 1. The number of aliphatic imine (C=N–C) groups is 1. The van der Waals surface area contributed by atoms with Crippen LogP contribution in [0.1, 0.15) is 13.8 Å². The molecule has 0 amide bonds. The van der Waals surface area contributed by atoms with E-state index in [0.717, 1.165) is 0 Å². The second kappa shape index (κ2) is 6.95. The van der Waals surface area contributed by atoms with Gasteiger partial charge in [-0.2, -0.15) is 13.2 Å². The van der Waals surface area contributed by atoms with Crippen molar-refractivity contribution >= 4 is 5.96 Å². The highest BCUT2D eigenvalue weighted by Gasteiger charge is 2.32. The van der Waals surface area contributed by atoms with Crippen molar-refractivity contribution in [1.29, 1.82) is 0 Å². The molecule has 0 unspecified atom stereocenters. The summed E-state index contributed by atoms with van der Waals surface area (Å²) in [5.74, 6) is 6.38. The van der Waals surface area contributed by atoms with E-state index in [1.165, 1.54) is 4.90 Å². The molecule has 0 aromatic rings. The fourth-order valence-electron chi connectivity index (χ4n) is 1.88. The molecule has 0 spiro atoms. The fraction of sp³-hybridized carbons (Fsp3) is 0.909. The van der Waals surface area contributed by atoms with Crippen molar-refractivity contribution in [3.05, 3.63) is 0 Å². The van der Waals surface area contributed by atoms with Crippen LogP contribution in [0.4, 0.5) is 13.2 Å². The van der Waals surface area contributed by atoms with E-state index >= 15 is 0 Å². The van der Waals surface area contributed by atoms with Crippen molar-refractivity contribution in [3.63, 3.8) is 0 Å². The van der Waals surface area contributed by atoms with E-state index in [1.54, 1.807) is 0 Å². The molecule has 1 rings (SSSR count). The van der Waals surface area contributed by atoms with Gasteiger partial charge >= 0.3 is 6.18 Å². The first kappa shape index (κ1) is 16.0. The number of piperazine rings is 1. The van der Waals surface area contributed by atoms with E-state index in [0.29, 0.717) is 44.6 Å². The van der Waals surface area contributed by atoms with Gasteiger partial charge in [-0.3, -0.25) is 15.3 Å². The molecule has 5 nitrogen and oxygen atoms in total. The second-order valence-electron chi connectivity index (χ2n) is 5.08. The van der Waals surface area contributed by atoms with Gasteiger partial charge in [-0.15, -0.1) is 0 Å². The number of hydrogen-bond acceptors (Lipinski definition) is 3. The monoisotopic (exact) mass is 281 g/mol. The summed E-state index contributed by atoms with van der Waals surface area (Å²) in [5.41, 5.74) is 2.53. The van der Waals surface area contributed by atoms with Crippen LogP contribution in [0.15, 0.2) is 4.99 Å². The molecule has 0 radical (unpaired) electrons. The average molecular weight is 281 g/mol. The van der Waals surface area contributed by atoms with Crippen LogP contribution in [0.5, 0.6) is 0 Å². The zero-order valence-electron chi connectivity index (χ0n) is 11.4. The predicted molar refractivity (Wildman–Crippen MR) is 68.5 cm³/mol. The number of hydrazine groups is 1.